The van der Waals surface area contributed by atoms with Crippen molar-refractivity contribution in [3.8, 4) is 0 Å². The molecule has 2 atom stereocenters. The lowest BCUT2D eigenvalue weighted by Gasteiger charge is -2.29. The Hall–Kier alpha value is -2.48. The molecule has 31 heavy (non-hydrogen) atoms. The highest BCUT2D eigenvalue weighted by molar-refractivity contribution is 7.90. The van der Waals surface area contributed by atoms with Crippen molar-refractivity contribution in [1.82, 2.24) is 16.0 Å². The zero-order chi connectivity index (χ0) is 22.1. The summed E-state index contributed by atoms with van der Waals surface area (Å²) in [7, 11) is 1.91. The molecule has 1 aliphatic heterocycles. The Bertz CT molecular complexity index is 899. The van der Waals surface area contributed by atoms with E-state index < -0.39 is 0 Å². The molecule has 0 radical (unpaired) electrons. The van der Waals surface area contributed by atoms with E-state index in [1.807, 2.05) is 25.4 Å². The molecule has 0 amide bonds. The third kappa shape index (κ3) is 6.26. The van der Waals surface area contributed by atoms with Gasteiger partial charge in [-0.3, -0.25) is 10.8 Å². The quantitative estimate of drug-likeness (QED) is 0.0833. The highest BCUT2D eigenvalue weighted by Gasteiger charge is 2.22. The van der Waals surface area contributed by atoms with Crippen molar-refractivity contribution in [2.45, 2.75) is 32.7 Å². The average Bonchev–Trinajstić information content (AvgIpc) is 2.79. The number of hydrogen-bond donors (Lipinski definition) is 6. The summed E-state index contributed by atoms with van der Waals surface area (Å²) < 4.78 is 0. The Kier molecular flexibility index (Phi) is 8.82. The molecular formula is C24H34N6S. The summed E-state index contributed by atoms with van der Waals surface area (Å²) >= 11 is 4.60. The SMILES string of the molecule is CNCc1cc(/C(S)=C/NC=NCCCC2C=CNC3=C2C=CCC3C)ccc1NN. The highest BCUT2D eigenvalue weighted by atomic mass is 32.1. The number of nitrogens with two attached hydrogens (primary N) is 1. The summed E-state index contributed by atoms with van der Waals surface area (Å²) in [6.45, 7) is 3.81. The van der Waals surface area contributed by atoms with Crippen molar-refractivity contribution in [3.63, 3.8) is 0 Å². The number of hydrogen-bond acceptors (Lipinski definition) is 6. The molecule has 1 aromatic rings. The lowest BCUT2D eigenvalue weighted by atomic mass is 9.83. The van der Waals surface area contributed by atoms with Gasteiger partial charge >= 0.3 is 0 Å². The lowest BCUT2D eigenvalue weighted by Crippen LogP contribution is -2.24. The Labute approximate surface area is 191 Å². The number of benzene rings is 1. The lowest BCUT2D eigenvalue weighted by molar-refractivity contribution is 0.566. The van der Waals surface area contributed by atoms with E-state index in [4.69, 9.17) is 5.84 Å². The fourth-order valence-corrected chi connectivity index (χ4v) is 4.21. The van der Waals surface area contributed by atoms with Gasteiger partial charge in [0.2, 0.25) is 0 Å². The molecule has 7 heteroatoms. The van der Waals surface area contributed by atoms with Crippen molar-refractivity contribution in [1.29, 1.82) is 0 Å². The summed E-state index contributed by atoms with van der Waals surface area (Å²) in [5.74, 6) is 6.64. The molecule has 1 aliphatic carbocycles. The highest BCUT2D eigenvalue weighted by Crippen LogP contribution is 2.33. The summed E-state index contributed by atoms with van der Waals surface area (Å²) in [5, 5.41) is 9.71. The van der Waals surface area contributed by atoms with E-state index in [2.05, 4.69) is 76.4 Å². The second kappa shape index (κ2) is 11.8. The van der Waals surface area contributed by atoms with Crippen LogP contribution in [0, 0.1) is 11.8 Å². The standard InChI is InChI=1S/C24H34N6S/c1-17-5-3-7-21-18(10-12-29-24(17)21)6-4-11-27-16-28-15-23(31)19-8-9-22(30-25)20(13-19)14-26-2/h3,7-10,12-13,15-18,26,29-31H,4-6,11,14,25H2,1-2H3,(H,27,28)/b23-15-. The van der Waals surface area contributed by atoms with E-state index in [1.54, 1.807) is 6.34 Å². The van der Waals surface area contributed by atoms with E-state index in [0.717, 1.165) is 54.1 Å². The average molecular weight is 439 g/mol. The number of hydrazine groups is 1. The monoisotopic (exact) mass is 438 g/mol. The number of dihydropyridines is 1. The minimum atomic E-state index is 0.486. The summed E-state index contributed by atoms with van der Waals surface area (Å²) in [5.41, 5.74) is 8.56. The fraction of sp³-hybridized carbons (Fsp3) is 0.375. The Balaban J connectivity index is 1.46. The van der Waals surface area contributed by atoms with Gasteiger partial charge in [0.15, 0.2) is 0 Å². The summed E-state index contributed by atoms with van der Waals surface area (Å²) in [4.78, 5) is 5.33. The minimum Gasteiger partial charge on any atom is -0.365 e. The summed E-state index contributed by atoms with van der Waals surface area (Å²) in [6.07, 6.45) is 15.8. The van der Waals surface area contributed by atoms with Crippen LogP contribution in [0.3, 0.4) is 0 Å². The smallest absolute Gasteiger partial charge is 0.0863 e. The molecule has 0 fully saturated rings. The first-order valence-electron chi connectivity index (χ1n) is 10.9. The first-order chi connectivity index (χ1) is 15.1. The van der Waals surface area contributed by atoms with Gasteiger partial charge in [-0.05, 0) is 67.3 Å². The molecule has 0 saturated carbocycles. The number of anilines is 1. The zero-order valence-electron chi connectivity index (χ0n) is 18.4. The van der Waals surface area contributed by atoms with Gasteiger partial charge in [0.25, 0.3) is 0 Å². The molecule has 6 nitrogen and oxygen atoms in total. The first kappa shape index (κ1) is 23.2. The normalized spacial score (nSPS) is 20.7. The Morgan fingerprint density at radius 1 is 1.39 bits per heavy atom. The number of rotatable bonds is 10. The fourth-order valence-electron chi connectivity index (χ4n) is 4.00. The molecule has 1 heterocycles. The van der Waals surface area contributed by atoms with Gasteiger partial charge in [0.1, 0.15) is 0 Å². The molecule has 0 aromatic heterocycles. The second-order valence-corrected chi connectivity index (χ2v) is 8.42. The van der Waals surface area contributed by atoms with Crippen LogP contribution in [-0.4, -0.2) is 19.9 Å². The summed E-state index contributed by atoms with van der Waals surface area (Å²) in [6, 6.07) is 6.01. The van der Waals surface area contributed by atoms with Crippen molar-refractivity contribution in [3.05, 3.63) is 71.2 Å². The van der Waals surface area contributed by atoms with E-state index >= 15 is 0 Å². The Morgan fingerprint density at radius 2 is 2.26 bits per heavy atom. The van der Waals surface area contributed by atoms with Crippen LogP contribution in [0.5, 0.6) is 0 Å². The molecule has 0 spiro atoms. The van der Waals surface area contributed by atoms with E-state index in [9.17, 15) is 0 Å². The molecule has 0 bridgehead atoms. The third-order valence-corrected chi connectivity index (χ3v) is 6.06. The molecule has 2 unspecified atom stereocenters. The van der Waals surface area contributed by atoms with Crippen LogP contribution in [0.4, 0.5) is 5.69 Å². The maximum atomic E-state index is 5.58. The maximum absolute atomic E-state index is 5.58. The number of aliphatic imine (C=N–C) groups is 1. The van der Waals surface area contributed by atoms with Crippen LogP contribution in [0.2, 0.25) is 0 Å². The van der Waals surface area contributed by atoms with Crippen LogP contribution in [0.25, 0.3) is 4.91 Å². The molecule has 1 aromatic carbocycles. The third-order valence-electron chi connectivity index (χ3n) is 5.67. The molecular weight excluding hydrogens is 404 g/mol. The van der Waals surface area contributed by atoms with E-state index in [1.165, 1.54) is 11.3 Å². The van der Waals surface area contributed by atoms with Gasteiger partial charge in [0, 0.05) is 35.8 Å². The Morgan fingerprint density at radius 3 is 3.06 bits per heavy atom. The molecule has 6 N–H and O–H groups in total. The predicted molar refractivity (Wildman–Crippen MR) is 135 cm³/mol. The predicted octanol–water partition coefficient (Wildman–Crippen LogP) is 3.90. The first-order valence-corrected chi connectivity index (χ1v) is 11.3. The van der Waals surface area contributed by atoms with Crippen LogP contribution in [0.15, 0.2) is 65.1 Å². The van der Waals surface area contributed by atoms with E-state index in [-0.39, 0.29) is 0 Å². The van der Waals surface area contributed by atoms with Crippen molar-refractivity contribution in [2.75, 3.05) is 19.0 Å². The van der Waals surface area contributed by atoms with Gasteiger partial charge in [-0.1, -0.05) is 31.2 Å². The van der Waals surface area contributed by atoms with Crippen molar-refractivity contribution in [2.24, 2.45) is 22.7 Å². The molecule has 3 rings (SSSR count). The van der Waals surface area contributed by atoms with Gasteiger partial charge in [0.05, 0.1) is 12.0 Å². The number of nitrogen functional groups attached to an aromatic ring is 1. The van der Waals surface area contributed by atoms with Crippen LogP contribution < -0.4 is 27.2 Å². The van der Waals surface area contributed by atoms with Crippen molar-refractivity contribution < 1.29 is 0 Å². The number of nitrogens with one attached hydrogen (secondary N) is 4. The second-order valence-electron chi connectivity index (χ2n) is 7.94. The number of nitrogens with zero attached hydrogens (tertiary/aromatic N) is 1. The van der Waals surface area contributed by atoms with Crippen LogP contribution in [-0.2, 0) is 6.54 Å². The van der Waals surface area contributed by atoms with Crippen LogP contribution >= 0.6 is 12.6 Å². The van der Waals surface area contributed by atoms with Gasteiger partial charge in [-0.15, -0.1) is 12.6 Å². The maximum Gasteiger partial charge on any atom is 0.0863 e. The van der Waals surface area contributed by atoms with Crippen molar-refractivity contribution >= 4 is 29.6 Å². The molecule has 0 saturated heterocycles. The topological polar surface area (TPSA) is 86.5 Å². The largest absolute Gasteiger partial charge is 0.365 e. The molecule has 2 aliphatic rings. The number of thiol groups is 1. The number of allylic oxidation sites excluding steroid dienone is 5. The van der Waals surface area contributed by atoms with Gasteiger partial charge in [-0.2, -0.15) is 0 Å². The van der Waals surface area contributed by atoms with Gasteiger partial charge < -0.3 is 21.4 Å². The zero-order valence-corrected chi connectivity index (χ0v) is 19.3. The van der Waals surface area contributed by atoms with Crippen LogP contribution in [0.1, 0.15) is 37.3 Å². The minimum absolute atomic E-state index is 0.486. The molecule has 166 valence electrons. The van der Waals surface area contributed by atoms with Gasteiger partial charge in [-0.25, -0.2) is 0 Å². The van der Waals surface area contributed by atoms with E-state index in [0.29, 0.717) is 11.8 Å².